The quantitative estimate of drug-likeness (QED) is 0.0261. The number of rotatable bonds is 66. The number of carbonyl (C=O) groups excluding carboxylic acids is 1. The second-order valence-electron chi connectivity index (χ2n) is 26.1. The summed E-state index contributed by atoms with van der Waals surface area (Å²) in [6, 6.07) is -0.723. The topological polar surface area (TPSA) is 149 Å². The minimum absolute atomic E-state index is 0.137. The van der Waals surface area contributed by atoms with E-state index in [-0.39, 0.29) is 12.5 Å². The fourth-order valence-corrected chi connectivity index (χ4v) is 12.1. The lowest BCUT2D eigenvalue weighted by atomic mass is 9.99. The van der Waals surface area contributed by atoms with Crippen LogP contribution in [0.25, 0.3) is 0 Å². The fourth-order valence-electron chi connectivity index (χ4n) is 12.1. The lowest BCUT2D eigenvalue weighted by Crippen LogP contribution is -2.60. The Morgan fingerprint density at radius 2 is 0.721 bits per heavy atom. The molecule has 504 valence electrons. The van der Waals surface area contributed by atoms with Gasteiger partial charge in [-0.15, -0.1) is 0 Å². The molecule has 0 aromatic rings. The summed E-state index contributed by atoms with van der Waals surface area (Å²) in [5.74, 6) is -0.140. The summed E-state index contributed by atoms with van der Waals surface area (Å²) in [7, 11) is 0. The average Bonchev–Trinajstić information content (AvgIpc) is 3.59. The van der Waals surface area contributed by atoms with E-state index >= 15 is 0 Å². The highest BCUT2D eigenvalue weighted by Gasteiger charge is 2.44. The van der Waals surface area contributed by atoms with Crippen LogP contribution in [0, 0.1) is 0 Å². The van der Waals surface area contributed by atoms with Gasteiger partial charge in [-0.2, -0.15) is 0 Å². The molecule has 1 rings (SSSR count). The van der Waals surface area contributed by atoms with Gasteiger partial charge in [-0.3, -0.25) is 4.79 Å². The van der Waals surface area contributed by atoms with Crippen LogP contribution >= 0.6 is 0 Å². The first-order valence-corrected chi connectivity index (χ1v) is 37.5. The number of hydrogen-bond donors (Lipinski definition) is 6. The maximum atomic E-state index is 13.2. The van der Waals surface area contributed by atoms with Gasteiger partial charge in [0, 0.05) is 6.42 Å². The van der Waals surface area contributed by atoms with E-state index in [1.165, 1.54) is 270 Å². The van der Waals surface area contributed by atoms with E-state index in [1.807, 2.05) is 0 Å². The highest BCUT2D eigenvalue weighted by molar-refractivity contribution is 5.76. The molecule has 6 N–H and O–H groups in total. The zero-order chi connectivity index (χ0) is 62.1. The number of hydrogen-bond acceptors (Lipinski definition) is 8. The van der Waals surface area contributed by atoms with E-state index in [4.69, 9.17) is 9.47 Å². The molecule has 0 bridgehead atoms. The molecular weight excluding hydrogens is 1070 g/mol. The highest BCUT2D eigenvalue weighted by Crippen LogP contribution is 2.24. The van der Waals surface area contributed by atoms with Gasteiger partial charge >= 0.3 is 0 Å². The summed E-state index contributed by atoms with van der Waals surface area (Å²) < 4.78 is 11.4. The molecule has 0 radical (unpaired) electrons. The van der Waals surface area contributed by atoms with E-state index in [1.54, 1.807) is 0 Å². The fraction of sp³-hybridized carbons (Fsp3) is 0.857. The monoisotopic (exact) mass is 1210 g/mol. The lowest BCUT2D eigenvalue weighted by Gasteiger charge is -2.40. The summed E-state index contributed by atoms with van der Waals surface area (Å²) in [4.78, 5) is 13.2. The van der Waals surface area contributed by atoms with Crippen LogP contribution < -0.4 is 5.32 Å². The molecule has 7 atom stereocenters. The van der Waals surface area contributed by atoms with Gasteiger partial charge in [-0.1, -0.05) is 364 Å². The largest absolute Gasteiger partial charge is 0.394 e. The number of aliphatic hydroxyl groups is 5. The van der Waals surface area contributed by atoms with E-state index in [0.717, 1.165) is 70.6 Å². The van der Waals surface area contributed by atoms with Crippen LogP contribution in [-0.4, -0.2) is 87.5 Å². The minimum atomic E-state index is -1.56. The van der Waals surface area contributed by atoms with E-state index in [2.05, 4.69) is 79.9 Å². The summed E-state index contributed by atoms with van der Waals surface area (Å²) in [6.45, 7) is 3.78. The minimum Gasteiger partial charge on any atom is -0.394 e. The normalized spacial score (nSPS) is 18.3. The van der Waals surface area contributed by atoms with Crippen molar-refractivity contribution in [1.29, 1.82) is 0 Å². The summed E-state index contributed by atoms with van der Waals surface area (Å²) >= 11 is 0. The molecule has 1 fully saturated rings. The first-order valence-electron chi connectivity index (χ1n) is 37.5. The molecule has 0 saturated carbocycles. The molecule has 1 aliphatic heterocycles. The summed E-state index contributed by atoms with van der Waals surface area (Å²) in [5.41, 5.74) is 0. The molecule has 1 aliphatic rings. The van der Waals surface area contributed by atoms with Crippen LogP contribution in [-0.2, 0) is 14.3 Å². The van der Waals surface area contributed by atoms with Crippen molar-refractivity contribution in [3.63, 3.8) is 0 Å². The van der Waals surface area contributed by atoms with Crippen LogP contribution in [0.5, 0.6) is 0 Å². The van der Waals surface area contributed by atoms with Gasteiger partial charge in [0.2, 0.25) is 5.91 Å². The van der Waals surface area contributed by atoms with E-state index in [0.29, 0.717) is 12.8 Å². The predicted octanol–water partition coefficient (Wildman–Crippen LogP) is 20.9. The third kappa shape index (κ3) is 53.7. The maximum absolute atomic E-state index is 13.2. The molecule has 1 heterocycles. The molecular formula is C77H143NO8. The number of nitrogens with one attached hydrogen (secondary N) is 1. The first-order chi connectivity index (χ1) is 42.3. The number of carbonyl (C=O) groups is 1. The van der Waals surface area contributed by atoms with Crippen molar-refractivity contribution in [3.8, 4) is 0 Å². The Labute approximate surface area is 532 Å². The molecule has 9 heteroatoms. The molecule has 0 aromatic carbocycles. The summed E-state index contributed by atoms with van der Waals surface area (Å²) in [6.07, 6.45) is 84.5. The SMILES string of the molecule is CC/C=C\C/C=C\C/C=C\C/C=C\C/C=C\CCCCCCCCCCCCCCCCCC(=O)NC(COC1OC(CO)C(O)C(O)C1O)C(O)CCCCCCCCCCCCCCCCCCCCCCCCCCCCCCCCCC. The van der Waals surface area contributed by atoms with Gasteiger partial charge in [0.15, 0.2) is 6.29 Å². The van der Waals surface area contributed by atoms with Crippen molar-refractivity contribution in [3.05, 3.63) is 60.8 Å². The molecule has 0 aromatic heterocycles. The number of ether oxygens (including phenoxy) is 2. The lowest BCUT2D eigenvalue weighted by molar-refractivity contribution is -0.302. The van der Waals surface area contributed by atoms with Crippen LogP contribution in [0.3, 0.4) is 0 Å². The Balaban J connectivity index is 2.08. The Morgan fingerprint density at radius 3 is 1.07 bits per heavy atom. The molecule has 7 unspecified atom stereocenters. The van der Waals surface area contributed by atoms with Crippen LogP contribution in [0.15, 0.2) is 60.8 Å². The molecule has 9 nitrogen and oxygen atoms in total. The van der Waals surface area contributed by atoms with E-state index in [9.17, 15) is 30.3 Å². The maximum Gasteiger partial charge on any atom is 0.220 e. The molecule has 1 saturated heterocycles. The van der Waals surface area contributed by atoms with Gasteiger partial charge < -0.3 is 40.3 Å². The number of amides is 1. The Kier molecular flexibility index (Phi) is 62.7. The van der Waals surface area contributed by atoms with Gasteiger partial charge in [0.25, 0.3) is 0 Å². The Bertz CT molecular complexity index is 1540. The van der Waals surface area contributed by atoms with Crippen molar-refractivity contribution in [2.45, 2.75) is 410 Å². The third-order valence-corrected chi connectivity index (χ3v) is 17.9. The van der Waals surface area contributed by atoms with Crippen molar-refractivity contribution in [1.82, 2.24) is 5.32 Å². The van der Waals surface area contributed by atoms with Gasteiger partial charge in [-0.05, 0) is 57.8 Å². The second-order valence-corrected chi connectivity index (χ2v) is 26.1. The number of allylic oxidation sites excluding steroid dienone is 10. The number of aliphatic hydroxyl groups excluding tert-OH is 5. The highest BCUT2D eigenvalue weighted by atomic mass is 16.7. The zero-order valence-corrected chi connectivity index (χ0v) is 56.6. The third-order valence-electron chi connectivity index (χ3n) is 17.9. The van der Waals surface area contributed by atoms with Crippen molar-refractivity contribution in [2.24, 2.45) is 0 Å². The molecule has 0 spiro atoms. The predicted molar refractivity (Wildman–Crippen MR) is 369 cm³/mol. The average molecular weight is 1210 g/mol. The van der Waals surface area contributed by atoms with Crippen molar-refractivity contribution >= 4 is 5.91 Å². The van der Waals surface area contributed by atoms with Gasteiger partial charge in [-0.25, -0.2) is 0 Å². The van der Waals surface area contributed by atoms with Gasteiger partial charge in [0.05, 0.1) is 25.4 Å². The molecule has 86 heavy (non-hydrogen) atoms. The van der Waals surface area contributed by atoms with E-state index < -0.39 is 49.5 Å². The van der Waals surface area contributed by atoms with Crippen LogP contribution in [0.1, 0.15) is 367 Å². The number of unbranched alkanes of at least 4 members (excludes halogenated alkanes) is 46. The smallest absolute Gasteiger partial charge is 0.220 e. The Morgan fingerprint density at radius 1 is 0.407 bits per heavy atom. The molecule has 1 amide bonds. The molecule has 0 aliphatic carbocycles. The van der Waals surface area contributed by atoms with Crippen molar-refractivity contribution in [2.75, 3.05) is 13.2 Å². The second kappa shape index (κ2) is 65.8. The standard InChI is InChI=1S/C77H143NO8/c1-3-5-7-9-11-13-15-17-19-21-23-25-27-29-31-33-35-37-38-40-42-44-46-48-50-52-54-56-58-60-62-64-66-71(80)70(69-85-77-76(84)75(83)74(82)72(68-79)86-77)78-73(81)67-65-63-61-59-57-55-53-51-49-47-45-43-41-39-36-34-32-30-28-26-24-22-20-18-16-14-12-10-8-6-4-2/h6,8,12,14,18,20,24,26,30,32,70-72,74-77,79-80,82-84H,3-5,7,9-11,13,15-17,19,21-23,25,27-29,31,33-69H2,1-2H3,(H,78,81)/b8-6-,14-12-,20-18-,26-24-,32-30-. The van der Waals surface area contributed by atoms with Crippen LogP contribution in [0.2, 0.25) is 0 Å². The first kappa shape index (κ1) is 81.9. The zero-order valence-electron chi connectivity index (χ0n) is 56.6. The Hall–Kier alpha value is -2.11. The van der Waals surface area contributed by atoms with Crippen molar-refractivity contribution < 1.29 is 39.8 Å². The summed E-state index contributed by atoms with van der Waals surface area (Å²) in [5, 5.41) is 55.0. The van der Waals surface area contributed by atoms with Crippen LogP contribution in [0.4, 0.5) is 0 Å². The van der Waals surface area contributed by atoms with Gasteiger partial charge in [0.1, 0.15) is 24.4 Å².